The Morgan fingerprint density at radius 2 is 1.18 bits per heavy atom. The SMILES string of the molecule is CCCCCC(CCCCC)N(C)CCCC. The molecule has 0 aromatic carbocycles. The minimum Gasteiger partial charge on any atom is -0.303 e. The van der Waals surface area contributed by atoms with Crippen molar-refractivity contribution in [1.29, 1.82) is 0 Å². The zero-order chi connectivity index (χ0) is 12.9. The lowest BCUT2D eigenvalue weighted by Crippen LogP contribution is -2.32. The first-order chi connectivity index (χ1) is 8.26. The van der Waals surface area contributed by atoms with E-state index in [-0.39, 0.29) is 0 Å². The molecule has 17 heavy (non-hydrogen) atoms. The van der Waals surface area contributed by atoms with Gasteiger partial charge in [-0.3, -0.25) is 0 Å². The van der Waals surface area contributed by atoms with Crippen molar-refractivity contribution in [3.05, 3.63) is 0 Å². The van der Waals surface area contributed by atoms with Crippen LogP contribution in [0.4, 0.5) is 0 Å². The third-order valence-electron chi connectivity index (χ3n) is 3.77. The van der Waals surface area contributed by atoms with Gasteiger partial charge in [-0.05, 0) is 32.9 Å². The summed E-state index contributed by atoms with van der Waals surface area (Å²) in [6.07, 6.45) is 13.9. The summed E-state index contributed by atoms with van der Waals surface area (Å²) in [5, 5.41) is 0. The number of rotatable bonds is 12. The molecule has 0 spiro atoms. The maximum absolute atomic E-state index is 2.62. The predicted molar refractivity (Wildman–Crippen MR) is 79.6 cm³/mol. The molecular weight excluding hydrogens is 206 g/mol. The Kier molecular flexibility index (Phi) is 12.4. The van der Waals surface area contributed by atoms with Gasteiger partial charge in [0, 0.05) is 6.04 Å². The molecule has 0 heterocycles. The van der Waals surface area contributed by atoms with E-state index in [0.717, 1.165) is 6.04 Å². The number of hydrogen-bond acceptors (Lipinski definition) is 1. The van der Waals surface area contributed by atoms with Crippen molar-refractivity contribution in [3.8, 4) is 0 Å². The number of hydrogen-bond donors (Lipinski definition) is 0. The van der Waals surface area contributed by atoms with E-state index in [1.54, 1.807) is 0 Å². The van der Waals surface area contributed by atoms with Gasteiger partial charge in [0.15, 0.2) is 0 Å². The van der Waals surface area contributed by atoms with Crippen molar-refractivity contribution in [2.45, 2.75) is 91.0 Å². The highest BCUT2D eigenvalue weighted by Gasteiger charge is 2.13. The van der Waals surface area contributed by atoms with Crippen molar-refractivity contribution >= 4 is 0 Å². The smallest absolute Gasteiger partial charge is 0.00922 e. The first-order valence-corrected chi connectivity index (χ1v) is 7.96. The van der Waals surface area contributed by atoms with E-state index < -0.39 is 0 Å². The average Bonchev–Trinajstić information content (AvgIpc) is 2.34. The van der Waals surface area contributed by atoms with Crippen molar-refractivity contribution < 1.29 is 0 Å². The molecule has 1 heteroatoms. The van der Waals surface area contributed by atoms with Crippen LogP contribution in [0.25, 0.3) is 0 Å². The van der Waals surface area contributed by atoms with Crippen LogP contribution in [-0.2, 0) is 0 Å². The van der Waals surface area contributed by atoms with Gasteiger partial charge in [0.1, 0.15) is 0 Å². The maximum atomic E-state index is 2.62. The summed E-state index contributed by atoms with van der Waals surface area (Å²) in [4.78, 5) is 2.62. The van der Waals surface area contributed by atoms with Gasteiger partial charge in [0.25, 0.3) is 0 Å². The van der Waals surface area contributed by atoms with Crippen LogP contribution in [0.5, 0.6) is 0 Å². The Labute approximate surface area is 110 Å². The minimum absolute atomic E-state index is 0.847. The van der Waals surface area contributed by atoms with E-state index >= 15 is 0 Å². The highest BCUT2D eigenvalue weighted by atomic mass is 15.1. The molecule has 0 aliphatic carbocycles. The van der Waals surface area contributed by atoms with E-state index in [2.05, 4.69) is 32.7 Å². The molecule has 0 atom stereocenters. The lowest BCUT2D eigenvalue weighted by atomic mass is 10.0. The molecule has 0 aromatic heterocycles. The van der Waals surface area contributed by atoms with E-state index in [4.69, 9.17) is 0 Å². The van der Waals surface area contributed by atoms with Crippen LogP contribution in [0.1, 0.15) is 85.0 Å². The Hall–Kier alpha value is -0.0400. The summed E-state index contributed by atoms with van der Waals surface area (Å²) in [5.41, 5.74) is 0. The summed E-state index contributed by atoms with van der Waals surface area (Å²) >= 11 is 0. The fourth-order valence-corrected chi connectivity index (χ4v) is 2.44. The van der Waals surface area contributed by atoms with Crippen LogP contribution in [-0.4, -0.2) is 24.5 Å². The average molecular weight is 241 g/mol. The van der Waals surface area contributed by atoms with Gasteiger partial charge in [-0.2, -0.15) is 0 Å². The van der Waals surface area contributed by atoms with Gasteiger partial charge in [-0.15, -0.1) is 0 Å². The Bertz CT molecular complexity index is 134. The predicted octanol–water partition coefficient (Wildman–Crippen LogP) is 5.25. The van der Waals surface area contributed by atoms with E-state index in [1.807, 2.05) is 0 Å². The van der Waals surface area contributed by atoms with Gasteiger partial charge in [0.2, 0.25) is 0 Å². The van der Waals surface area contributed by atoms with Crippen LogP contribution in [0.15, 0.2) is 0 Å². The molecule has 104 valence electrons. The van der Waals surface area contributed by atoms with Crippen molar-refractivity contribution in [2.75, 3.05) is 13.6 Å². The first-order valence-electron chi connectivity index (χ1n) is 7.96. The maximum Gasteiger partial charge on any atom is 0.00922 e. The zero-order valence-electron chi connectivity index (χ0n) is 12.8. The Balaban J connectivity index is 3.89. The van der Waals surface area contributed by atoms with Gasteiger partial charge >= 0.3 is 0 Å². The monoisotopic (exact) mass is 241 g/mol. The molecule has 0 N–H and O–H groups in total. The van der Waals surface area contributed by atoms with Crippen LogP contribution in [0.3, 0.4) is 0 Å². The standard InChI is InChI=1S/C16H35N/c1-5-8-11-13-16(14-12-9-6-2)17(4)15-10-7-3/h16H,5-15H2,1-4H3. The quantitative estimate of drug-likeness (QED) is 0.422. The second kappa shape index (κ2) is 12.4. The topological polar surface area (TPSA) is 3.24 Å². The highest BCUT2D eigenvalue weighted by molar-refractivity contribution is 4.69. The summed E-state index contributed by atoms with van der Waals surface area (Å²) < 4.78 is 0. The van der Waals surface area contributed by atoms with Gasteiger partial charge in [-0.1, -0.05) is 65.7 Å². The first kappa shape index (κ1) is 17.0. The molecule has 0 aliphatic rings. The van der Waals surface area contributed by atoms with Gasteiger partial charge in [0.05, 0.1) is 0 Å². The molecule has 0 rings (SSSR count). The fourth-order valence-electron chi connectivity index (χ4n) is 2.44. The zero-order valence-corrected chi connectivity index (χ0v) is 12.8. The molecule has 0 aromatic rings. The van der Waals surface area contributed by atoms with Crippen molar-refractivity contribution in [2.24, 2.45) is 0 Å². The van der Waals surface area contributed by atoms with Crippen LogP contribution >= 0.6 is 0 Å². The normalized spacial score (nSPS) is 11.6. The van der Waals surface area contributed by atoms with Gasteiger partial charge < -0.3 is 4.90 Å². The van der Waals surface area contributed by atoms with E-state index in [9.17, 15) is 0 Å². The Morgan fingerprint density at radius 1 is 0.706 bits per heavy atom. The van der Waals surface area contributed by atoms with Crippen LogP contribution < -0.4 is 0 Å². The largest absolute Gasteiger partial charge is 0.303 e. The minimum atomic E-state index is 0.847. The molecule has 0 saturated heterocycles. The molecule has 0 aliphatic heterocycles. The second-order valence-corrected chi connectivity index (χ2v) is 5.48. The molecule has 1 nitrogen and oxygen atoms in total. The summed E-state index contributed by atoms with van der Waals surface area (Å²) in [5.74, 6) is 0. The molecule has 0 saturated carbocycles. The van der Waals surface area contributed by atoms with E-state index in [1.165, 1.54) is 70.8 Å². The van der Waals surface area contributed by atoms with Crippen LogP contribution in [0.2, 0.25) is 0 Å². The molecule has 0 radical (unpaired) electrons. The lowest BCUT2D eigenvalue weighted by molar-refractivity contribution is 0.207. The third-order valence-corrected chi connectivity index (χ3v) is 3.77. The molecular formula is C16H35N. The van der Waals surface area contributed by atoms with Gasteiger partial charge in [-0.25, -0.2) is 0 Å². The summed E-state index contributed by atoms with van der Waals surface area (Å²) in [6.45, 7) is 8.18. The molecule has 0 fully saturated rings. The van der Waals surface area contributed by atoms with E-state index in [0.29, 0.717) is 0 Å². The summed E-state index contributed by atoms with van der Waals surface area (Å²) in [6, 6.07) is 0.847. The molecule has 0 amide bonds. The second-order valence-electron chi connectivity index (χ2n) is 5.48. The van der Waals surface area contributed by atoms with Crippen molar-refractivity contribution in [1.82, 2.24) is 4.90 Å². The van der Waals surface area contributed by atoms with Crippen molar-refractivity contribution in [3.63, 3.8) is 0 Å². The number of unbranched alkanes of at least 4 members (excludes halogenated alkanes) is 5. The third kappa shape index (κ3) is 9.64. The fraction of sp³-hybridized carbons (Fsp3) is 1.00. The number of nitrogens with zero attached hydrogens (tertiary/aromatic N) is 1. The molecule has 0 unspecified atom stereocenters. The molecule has 0 bridgehead atoms. The summed E-state index contributed by atoms with van der Waals surface area (Å²) in [7, 11) is 2.33. The highest BCUT2D eigenvalue weighted by Crippen LogP contribution is 2.16. The Morgan fingerprint density at radius 3 is 1.59 bits per heavy atom. The lowest BCUT2D eigenvalue weighted by Gasteiger charge is -2.28. The van der Waals surface area contributed by atoms with Crippen LogP contribution in [0, 0.1) is 0 Å².